The van der Waals surface area contributed by atoms with Crippen molar-refractivity contribution < 1.29 is 10.2 Å². The Kier molecular flexibility index (Phi) is 6.43. The molecule has 3 atom stereocenters. The first kappa shape index (κ1) is 20.2. The number of nitrogens with one attached hydrogen (secondary N) is 1. The first-order chi connectivity index (χ1) is 13.0. The molecular formula is C22H29ClN2O2. The van der Waals surface area contributed by atoms with Crippen LogP contribution in [0.4, 0.5) is 0 Å². The van der Waals surface area contributed by atoms with E-state index in [0.29, 0.717) is 18.2 Å². The van der Waals surface area contributed by atoms with Crippen LogP contribution in [0.15, 0.2) is 48.5 Å². The fraction of sp³-hybridized carbons (Fsp3) is 0.455. The standard InChI is InChI=1S/C22H29ClN2O2/c1-3-25-21(16-8-10-19(23)11-9-16)18(12-22(25,2)15-26)14-24-13-17-6-4-5-7-20(17)27/h4-11,18,21,24,26-27H,3,12-15H2,1-2H3/t18-,21+,22+/m1/s1. The SMILES string of the molecule is CCN1[C@@H](c2ccc(Cl)cc2)[C@@H](CNCc2ccccc2O)C[C@@]1(C)CO. The van der Waals surface area contributed by atoms with Gasteiger partial charge in [-0.15, -0.1) is 0 Å². The van der Waals surface area contributed by atoms with E-state index in [4.69, 9.17) is 11.6 Å². The van der Waals surface area contributed by atoms with Crippen molar-refractivity contribution >= 4 is 11.6 Å². The van der Waals surface area contributed by atoms with Crippen molar-refractivity contribution in [1.29, 1.82) is 0 Å². The molecule has 2 aromatic carbocycles. The van der Waals surface area contributed by atoms with Crippen LogP contribution in [-0.2, 0) is 6.54 Å². The first-order valence-electron chi connectivity index (χ1n) is 9.59. The van der Waals surface area contributed by atoms with Gasteiger partial charge < -0.3 is 15.5 Å². The third-order valence-electron chi connectivity index (χ3n) is 5.78. The summed E-state index contributed by atoms with van der Waals surface area (Å²) in [5.74, 6) is 0.676. The van der Waals surface area contributed by atoms with Crippen LogP contribution in [0, 0.1) is 5.92 Å². The first-order valence-corrected chi connectivity index (χ1v) is 9.97. The molecule has 0 saturated carbocycles. The molecule has 0 amide bonds. The molecule has 0 aliphatic carbocycles. The van der Waals surface area contributed by atoms with E-state index in [9.17, 15) is 10.2 Å². The molecule has 1 saturated heterocycles. The topological polar surface area (TPSA) is 55.7 Å². The van der Waals surface area contributed by atoms with Gasteiger partial charge in [-0.1, -0.05) is 48.9 Å². The van der Waals surface area contributed by atoms with Crippen LogP contribution in [0.3, 0.4) is 0 Å². The molecule has 1 aliphatic rings. The quantitative estimate of drug-likeness (QED) is 0.671. The molecule has 1 heterocycles. The summed E-state index contributed by atoms with van der Waals surface area (Å²) in [5.41, 5.74) is 1.89. The van der Waals surface area contributed by atoms with E-state index < -0.39 is 0 Å². The summed E-state index contributed by atoms with van der Waals surface area (Å²) < 4.78 is 0. The Morgan fingerprint density at radius 3 is 2.52 bits per heavy atom. The summed E-state index contributed by atoms with van der Waals surface area (Å²) in [6.07, 6.45) is 0.915. The smallest absolute Gasteiger partial charge is 0.120 e. The summed E-state index contributed by atoms with van der Waals surface area (Å²) >= 11 is 6.08. The minimum Gasteiger partial charge on any atom is -0.508 e. The maximum Gasteiger partial charge on any atom is 0.120 e. The Hall–Kier alpha value is -1.59. The monoisotopic (exact) mass is 388 g/mol. The predicted octanol–water partition coefficient (Wildman–Crippen LogP) is 3.97. The number of phenolic OH excluding ortho intramolecular Hbond substituents is 1. The van der Waals surface area contributed by atoms with Crippen LogP contribution in [0.1, 0.15) is 37.4 Å². The lowest BCUT2D eigenvalue weighted by Crippen LogP contribution is -2.45. The van der Waals surface area contributed by atoms with E-state index >= 15 is 0 Å². The predicted molar refractivity (Wildman–Crippen MR) is 110 cm³/mol. The van der Waals surface area contributed by atoms with Gasteiger partial charge in [0.15, 0.2) is 0 Å². The third-order valence-corrected chi connectivity index (χ3v) is 6.04. The zero-order valence-corrected chi connectivity index (χ0v) is 16.8. The Bertz CT molecular complexity index is 752. The minimum absolute atomic E-state index is 0.140. The lowest BCUT2D eigenvalue weighted by atomic mass is 9.90. The van der Waals surface area contributed by atoms with Crippen molar-refractivity contribution in [3.63, 3.8) is 0 Å². The number of hydrogen-bond donors (Lipinski definition) is 3. The van der Waals surface area contributed by atoms with E-state index in [2.05, 4.69) is 36.2 Å². The molecule has 0 bridgehead atoms. The number of nitrogens with zero attached hydrogens (tertiary/aromatic N) is 1. The second-order valence-corrected chi connectivity index (χ2v) is 8.10. The summed E-state index contributed by atoms with van der Waals surface area (Å²) in [6.45, 7) is 6.74. The van der Waals surface area contributed by atoms with Crippen LogP contribution in [0.2, 0.25) is 5.02 Å². The highest BCUT2D eigenvalue weighted by Gasteiger charge is 2.47. The number of likely N-dealkylation sites (N-methyl/N-ethyl adjacent to an activating group) is 1. The number of aliphatic hydroxyl groups is 1. The van der Waals surface area contributed by atoms with E-state index in [-0.39, 0.29) is 18.2 Å². The molecule has 3 N–H and O–H groups in total. The van der Waals surface area contributed by atoms with E-state index in [1.165, 1.54) is 5.56 Å². The number of benzene rings is 2. The number of aromatic hydroxyl groups is 1. The van der Waals surface area contributed by atoms with Crippen molar-refractivity contribution in [2.45, 2.75) is 38.4 Å². The summed E-state index contributed by atoms with van der Waals surface area (Å²) in [6, 6.07) is 15.7. The zero-order valence-electron chi connectivity index (χ0n) is 16.0. The molecule has 27 heavy (non-hydrogen) atoms. The van der Waals surface area contributed by atoms with Crippen LogP contribution in [0.25, 0.3) is 0 Å². The van der Waals surface area contributed by atoms with Crippen molar-refractivity contribution in [3.05, 3.63) is 64.7 Å². The summed E-state index contributed by atoms with van der Waals surface area (Å²) in [5, 5.41) is 24.3. The Balaban J connectivity index is 1.78. The largest absolute Gasteiger partial charge is 0.508 e. The van der Waals surface area contributed by atoms with Gasteiger partial charge in [-0.3, -0.25) is 4.90 Å². The molecule has 0 radical (unpaired) electrons. The minimum atomic E-state index is -0.236. The highest BCUT2D eigenvalue weighted by molar-refractivity contribution is 6.30. The van der Waals surface area contributed by atoms with Gasteiger partial charge in [-0.2, -0.15) is 0 Å². The Morgan fingerprint density at radius 1 is 1.19 bits per heavy atom. The number of halogens is 1. The number of likely N-dealkylation sites (tertiary alicyclic amines) is 1. The molecule has 0 spiro atoms. The van der Waals surface area contributed by atoms with Crippen LogP contribution in [-0.4, -0.2) is 40.3 Å². The lowest BCUT2D eigenvalue weighted by molar-refractivity contribution is 0.0579. The maximum absolute atomic E-state index is 10.1. The van der Waals surface area contributed by atoms with Crippen LogP contribution < -0.4 is 5.32 Å². The van der Waals surface area contributed by atoms with Gasteiger partial charge in [-0.25, -0.2) is 0 Å². The van der Waals surface area contributed by atoms with Gasteiger partial charge in [0.25, 0.3) is 0 Å². The number of phenols is 1. The second-order valence-electron chi connectivity index (χ2n) is 7.66. The van der Waals surface area contributed by atoms with Crippen molar-refractivity contribution in [3.8, 4) is 5.75 Å². The highest BCUT2D eigenvalue weighted by atomic mass is 35.5. The molecule has 146 valence electrons. The fourth-order valence-electron chi connectivity index (χ4n) is 4.47. The van der Waals surface area contributed by atoms with Crippen molar-refractivity contribution in [2.24, 2.45) is 5.92 Å². The summed E-state index contributed by atoms with van der Waals surface area (Å²) in [7, 11) is 0. The molecule has 0 unspecified atom stereocenters. The zero-order chi connectivity index (χ0) is 19.4. The van der Waals surface area contributed by atoms with Crippen molar-refractivity contribution in [1.82, 2.24) is 10.2 Å². The highest BCUT2D eigenvalue weighted by Crippen LogP contribution is 2.46. The molecular weight excluding hydrogens is 360 g/mol. The molecule has 5 heteroatoms. The van der Waals surface area contributed by atoms with Gasteiger partial charge in [0.1, 0.15) is 5.75 Å². The van der Waals surface area contributed by atoms with E-state index in [1.54, 1.807) is 6.07 Å². The van der Waals surface area contributed by atoms with E-state index in [0.717, 1.165) is 30.1 Å². The Morgan fingerprint density at radius 2 is 1.89 bits per heavy atom. The Labute approximate surface area is 166 Å². The average Bonchev–Trinajstić information content (AvgIpc) is 2.96. The number of hydrogen-bond acceptors (Lipinski definition) is 4. The lowest BCUT2D eigenvalue weighted by Gasteiger charge is -2.37. The molecule has 1 aliphatic heterocycles. The third kappa shape index (κ3) is 4.30. The van der Waals surface area contributed by atoms with Gasteiger partial charge in [0.05, 0.1) is 6.61 Å². The van der Waals surface area contributed by atoms with Crippen molar-refractivity contribution in [2.75, 3.05) is 19.7 Å². The molecule has 1 fully saturated rings. The van der Waals surface area contributed by atoms with Gasteiger partial charge in [-0.05, 0) is 49.6 Å². The van der Waals surface area contributed by atoms with Crippen LogP contribution in [0.5, 0.6) is 5.75 Å². The normalized spacial score (nSPS) is 25.8. The number of para-hydroxylation sites is 1. The second kappa shape index (κ2) is 8.61. The van der Waals surface area contributed by atoms with Gasteiger partial charge in [0.2, 0.25) is 0 Å². The van der Waals surface area contributed by atoms with Gasteiger partial charge in [0, 0.05) is 35.3 Å². The number of aliphatic hydroxyl groups excluding tert-OH is 1. The molecule has 0 aromatic heterocycles. The fourth-order valence-corrected chi connectivity index (χ4v) is 4.59. The molecule has 4 nitrogen and oxygen atoms in total. The van der Waals surface area contributed by atoms with E-state index in [1.807, 2.05) is 30.3 Å². The average molecular weight is 389 g/mol. The number of rotatable bonds is 7. The molecule has 3 rings (SSSR count). The molecule has 2 aromatic rings. The van der Waals surface area contributed by atoms with Crippen LogP contribution >= 0.6 is 11.6 Å². The summed E-state index contributed by atoms with van der Waals surface area (Å²) in [4.78, 5) is 2.41. The van der Waals surface area contributed by atoms with Gasteiger partial charge >= 0.3 is 0 Å². The maximum atomic E-state index is 10.1.